The molecule has 0 aliphatic heterocycles. The number of carbonyl (C=O) groups is 2. The van der Waals surface area contributed by atoms with E-state index in [2.05, 4.69) is 40.4 Å². The fraction of sp³-hybridized carbons (Fsp3) is 0.667. The Morgan fingerprint density at radius 1 is 0.923 bits per heavy atom. The Bertz CT molecular complexity index is 159. The van der Waals surface area contributed by atoms with E-state index in [1.165, 1.54) is 0 Å². The molecule has 0 radical (unpaired) electrons. The third kappa shape index (κ3) is 7.94. The first kappa shape index (κ1) is 12.6. The first-order valence-electron chi connectivity index (χ1n) is 3.77. The van der Waals surface area contributed by atoms with Gasteiger partial charge in [0.05, 0.1) is 0 Å². The van der Waals surface area contributed by atoms with Crippen molar-refractivity contribution in [1.82, 2.24) is 14.8 Å². The maximum absolute atomic E-state index is 10.6. The molecule has 0 rings (SSSR count). The number of rotatable bonds is 6. The van der Waals surface area contributed by atoms with Gasteiger partial charge in [-0.05, 0) is 0 Å². The van der Waals surface area contributed by atoms with Crippen molar-refractivity contribution >= 4 is 37.4 Å². The molecule has 0 saturated carbocycles. The molecule has 0 aliphatic rings. The van der Waals surface area contributed by atoms with Crippen LogP contribution < -0.4 is 14.8 Å². The topological polar surface area (TPSA) is 70.2 Å². The van der Waals surface area contributed by atoms with E-state index in [1.54, 1.807) is 0 Å². The van der Waals surface area contributed by atoms with Crippen LogP contribution in [-0.2, 0) is 9.59 Å². The highest BCUT2D eigenvalue weighted by atomic mass is 32.1. The van der Waals surface area contributed by atoms with Crippen molar-refractivity contribution in [1.29, 1.82) is 0 Å². The van der Waals surface area contributed by atoms with Crippen molar-refractivity contribution in [2.24, 2.45) is 0 Å². The van der Waals surface area contributed by atoms with Gasteiger partial charge in [0.1, 0.15) is 0 Å². The first-order chi connectivity index (χ1) is 6.20. The number of hydrogen-bond acceptors (Lipinski definition) is 5. The first-order valence-corrected chi connectivity index (χ1v) is 4.66. The highest BCUT2D eigenvalue weighted by molar-refractivity contribution is 7.78. The fourth-order valence-corrected chi connectivity index (χ4v) is 0.864. The van der Waals surface area contributed by atoms with Gasteiger partial charge in [0.15, 0.2) is 0 Å². The molecule has 2 amide bonds. The molecule has 0 aromatic carbocycles. The van der Waals surface area contributed by atoms with Crippen molar-refractivity contribution in [3.8, 4) is 0 Å². The molecule has 0 heterocycles. The zero-order valence-corrected chi connectivity index (χ0v) is 8.83. The Morgan fingerprint density at radius 2 is 1.31 bits per heavy atom. The Balaban J connectivity index is 3.17. The lowest BCUT2D eigenvalue weighted by molar-refractivity contribution is -0.119. The summed E-state index contributed by atoms with van der Waals surface area (Å²) in [5.41, 5.74) is 0. The van der Waals surface area contributed by atoms with E-state index in [1.807, 2.05) is 0 Å². The standard InChI is InChI=1S/C6H13N3O2S2/c10-5(8-12)1-3-7-4-2-6(11)9-13/h7,12-13H,1-4H2,(H,8,10)(H,9,11). The molecule has 5 nitrogen and oxygen atoms in total. The summed E-state index contributed by atoms with van der Waals surface area (Å²) in [4.78, 5) is 21.3. The summed E-state index contributed by atoms with van der Waals surface area (Å²) in [6, 6.07) is 0. The van der Waals surface area contributed by atoms with Gasteiger partial charge in [-0.2, -0.15) is 0 Å². The van der Waals surface area contributed by atoms with Crippen LogP contribution in [0.15, 0.2) is 0 Å². The fourth-order valence-electron chi connectivity index (χ4n) is 0.641. The van der Waals surface area contributed by atoms with Gasteiger partial charge in [0, 0.05) is 25.9 Å². The summed E-state index contributed by atoms with van der Waals surface area (Å²) in [7, 11) is 0. The number of hydrogen-bond donors (Lipinski definition) is 5. The Kier molecular flexibility index (Phi) is 7.96. The van der Waals surface area contributed by atoms with Crippen molar-refractivity contribution < 1.29 is 9.59 Å². The number of thiol groups is 2. The molecule has 7 heteroatoms. The molecular formula is C6H13N3O2S2. The minimum atomic E-state index is -0.144. The monoisotopic (exact) mass is 223 g/mol. The van der Waals surface area contributed by atoms with Crippen LogP contribution >= 0.6 is 25.6 Å². The second kappa shape index (κ2) is 8.21. The summed E-state index contributed by atoms with van der Waals surface area (Å²) in [6.45, 7) is 1.07. The van der Waals surface area contributed by atoms with E-state index in [0.29, 0.717) is 25.9 Å². The smallest absolute Gasteiger partial charge is 0.230 e. The van der Waals surface area contributed by atoms with E-state index in [4.69, 9.17) is 0 Å². The van der Waals surface area contributed by atoms with Crippen LogP contribution in [0.5, 0.6) is 0 Å². The lowest BCUT2D eigenvalue weighted by atomic mass is 10.3. The quantitative estimate of drug-likeness (QED) is 0.305. The SMILES string of the molecule is O=C(CCNCCC(=O)NS)NS. The summed E-state index contributed by atoms with van der Waals surface area (Å²) in [5.74, 6) is -0.288. The lowest BCUT2D eigenvalue weighted by Gasteiger charge is -2.02. The molecular weight excluding hydrogens is 210 g/mol. The highest BCUT2D eigenvalue weighted by Gasteiger charge is 1.99. The van der Waals surface area contributed by atoms with Gasteiger partial charge < -0.3 is 14.8 Å². The zero-order chi connectivity index (χ0) is 10.1. The highest BCUT2D eigenvalue weighted by Crippen LogP contribution is 1.81. The van der Waals surface area contributed by atoms with E-state index < -0.39 is 0 Å². The lowest BCUT2D eigenvalue weighted by Crippen LogP contribution is -2.26. The molecule has 0 unspecified atom stereocenters. The van der Waals surface area contributed by atoms with Crippen LogP contribution in [0.3, 0.4) is 0 Å². The van der Waals surface area contributed by atoms with Crippen molar-refractivity contribution in [3.05, 3.63) is 0 Å². The van der Waals surface area contributed by atoms with Crippen molar-refractivity contribution in [2.75, 3.05) is 13.1 Å². The number of nitrogens with one attached hydrogen (secondary N) is 3. The normalized spacial score (nSPS) is 9.38. The van der Waals surface area contributed by atoms with E-state index in [0.717, 1.165) is 0 Å². The number of amides is 2. The Hall–Kier alpha value is -0.400. The van der Waals surface area contributed by atoms with Gasteiger partial charge >= 0.3 is 0 Å². The van der Waals surface area contributed by atoms with Gasteiger partial charge in [0.2, 0.25) is 11.8 Å². The van der Waals surface area contributed by atoms with Crippen LogP contribution in [0, 0.1) is 0 Å². The molecule has 0 aliphatic carbocycles. The molecule has 0 fully saturated rings. The molecule has 0 atom stereocenters. The molecule has 0 bridgehead atoms. The van der Waals surface area contributed by atoms with Crippen molar-refractivity contribution in [2.45, 2.75) is 12.8 Å². The molecule has 13 heavy (non-hydrogen) atoms. The molecule has 0 aromatic rings. The minimum absolute atomic E-state index is 0.144. The van der Waals surface area contributed by atoms with Gasteiger partial charge in [0.25, 0.3) is 0 Å². The second-order valence-electron chi connectivity index (χ2n) is 2.32. The van der Waals surface area contributed by atoms with Crippen LogP contribution in [0.4, 0.5) is 0 Å². The molecule has 3 N–H and O–H groups in total. The third-order valence-corrected chi connectivity index (χ3v) is 1.81. The maximum atomic E-state index is 10.6. The zero-order valence-electron chi connectivity index (χ0n) is 7.04. The third-order valence-electron chi connectivity index (χ3n) is 1.31. The van der Waals surface area contributed by atoms with Gasteiger partial charge in [-0.1, -0.05) is 25.6 Å². The largest absolute Gasteiger partial charge is 0.316 e. The van der Waals surface area contributed by atoms with Crippen LogP contribution in [0.1, 0.15) is 12.8 Å². The van der Waals surface area contributed by atoms with E-state index in [-0.39, 0.29) is 11.8 Å². The van der Waals surface area contributed by atoms with Gasteiger partial charge in [-0.15, -0.1) is 0 Å². The second-order valence-corrected chi connectivity index (χ2v) is 2.77. The predicted octanol–water partition coefficient (Wildman–Crippen LogP) is -0.722. The molecule has 76 valence electrons. The average molecular weight is 223 g/mol. The molecule has 0 saturated heterocycles. The van der Waals surface area contributed by atoms with Crippen LogP contribution in [0.25, 0.3) is 0 Å². The van der Waals surface area contributed by atoms with E-state index in [9.17, 15) is 9.59 Å². The van der Waals surface area contributed by atoms with Crippen LogP contribution in [0.2, 0.25) is 0 Å². The average Bonchev–Trinajstić information content (AvgIpc) is 2.16. The van der Waals surface area contributed by atoms with Crippen molar-refractivity contribution in [3.63, 3.8) is 0 Å². The van der Waals surface area contributed by atoms with Gasteiger partial charge in [-0.3, -0.25) is 9.59 Å². The summed E-state index contributed by atoms with van der Waals surface area (Å²) in [5, 5.41) is 2.93. The summed E-state index contributed by atoms with van der Waals surface area (Å²) in [6.07, 6.45) is 0.706. The minimum Gasteiger partial charge on any atom is -0.316 e. The number of carbonyl (C=O) groups excluding carboxylic acids is 2. The molecule has 0 spiro atoms. The maximum Gasteiger partial charge on any atom is 0.230 e. The Morgan fingerprint density at radius 3 is 1.62 bits per heavy atom. The van der Waals surface area contributed by atoms with Gasteiger partial charge in [-0.25, -0.2) is 0 Å². The van der Waals surface area contributed by atoms with Crippen LogP contribution in [-0.4, -0.2) is 24.9 Å². The summed E-state index contributed by atoms with van der Waals surface area (Å²) >= 11 is 7.17. The Labute approximate surface area is 88.1 Å². The summed E-state index contributed by atoms with van der Waals surface area (Å²) < 4.78 is 4.40. The van der Waals surface area contributed by atoms with E-state index >= 15 is 0 Å². The predicted molar refractivity (Wildman–Crippen MR) is 56.4 cm³/mol. The molecule has 0 aromatic heterocycles.